The summed E-state index contributed by atoms with van der Waals surface area (Å²) in [5, 5.41) is 18.3. The molecule has 1 N–H and O–H groups in total. The lowest BCUT2D eigenvalue weighted by Crippen LogP contribution is -2.08. The molecule has 0 bridgehead atoms. The van der Waals surface area contributed by atoms with Gasteiger partial charge in [-0.1, -0.05) is 6.92 Å². The van der Waals surface area contributed by atoms with Gasteiger partial charge in [0.25, 0.3) is 0 Å². The minimum atomic E-state index is -1.14. The maximum Gasteiger partial charge on any atom is 0.330 e. The number of carboxylic acids is 1. The van der Waals surface area contributed by atoms with E-state index in [-0.39, 0.29) is 5.57 Å². The second-order valence-electron chi connectivity index (χ2n) is 1.49. The van der Waals surface area contributed by atoms with Crippen molar-refractivity contribution in [1.29, 1.82) is 0 Å². The lowest BCUT2D eigenvalue weighted by atomic mass is 10.3. The van der Waals surface area contributed by atoms with E-state index in [0.29, 0.717) is 0 Å². The average Bonchev–Trinajstić information content (AvgIpc) is 1.64. The predicted molar refractivity (Wildman–Crippen MR) is 26.0 cm³/mol. The highest BCUT2D eigenvalue weighted by Crippen LogP contribution is 1.93. The van der Waals surface area contributed by atoms with Gasteiger partial charge in [0.05, 0.1) is 0 Å². The van der Waals surface area contributed by atoms with E-state index in [1.165, 1.54) is 13.8 Å². The topological polar surface area (TPSA) is 60.4 Å². The fraction of sp³-hybridized carbons (Fsp3) is 0.400. The fourth-order valence-electron chi connectivity index (χ4n) is 0.151. The van der Waals surface area contributed by atoms with E-state index < -0.39 is 11.7 Å². The first kappa shape index (κ1) is 7.01. The first-order valence-corrected chi connectivity index (χ1v) is 2.13. The molecule has 3 heteroatoms. The zero-order valence-corrected chi connectivity index (χ0v) is 4.76. The third kappa shape index (κ3) is 1.64. The first-order valence-electron chi connectivity index (χ1n) is 2.13. The number of allylic oxidation sites excluding steroid dienone is 1. The van der Waals surface area contributed by atoms with Crippen LogP contribution in [-0.4, -0.2) is 11.1 Å². The average molecular weight is 115 g/mol. The number of hydrogen-bond acceptors (Lipinski definition) is 2. The van der Waals surface area contributed by atoms with Gasteiger partial charge in [0, 0.05) is 5.57 Å². The largest absolute Gasteiger partial charge is 0.875 e. The normalized spacial score (nSPS) is 12.8. The Balaban J connectivity index is 4.23. The van der Waals surface area contributed by atoms with Crippen LogP contribution in [0.2, 0.25) is 0 Å². The minimum Gasteiger partial charge on any atom is -0.875 e. The van der Waals surface area contributed by atoms with Crippen molar-refractivity contribution in [1.82, 2.24) is 0 Å². The maximum atomic E-state index is 10.2. The van der Waals surface area contributed by atoms with Crippen molar-refractivity contribution >= 4 is 5.97 Å². The van der Waals surface area contributed by atoms with Gasteiger partial charge in [-0.3, -0.25) is 0 Å². The van der Waals surface area contributed by atoms with Crippen LogP contribution in [0.5, 0.6) is 0 Å². The highest BCUT2D eigenvalue weighted by molar-refractivity contribution is 5.86. The Morgan fingerprint density at radius 2 is 1.88 bits per heavy atom. The Bertz CT molecular complexity index is 131. The van der Waals surface area contributed by atoms with E-state index in [1.54, 1.807) is 0 Å². The lowest BCUT2D eigenvalue weighted by Gasteiger charge is -2.04. The summed E-state index contributed by atoms with van der Waals surface area (Å²) in [6, 6.07) is 0. The molecule has 8 heavy (non-hydrogen) atoms. The zero-order valence-electron chi connectivity index (χ0n) is 4.76. The summed E-state index contributed by atoms with van der Waals surface area (Å²) in [4.78, 5) is 9.88. The monoisotopic (exact) mass is 115 g/mol. The minimum absolute atomic E-state index is 0.120. The van der Waals surface area contributed by atoms with Crippen LogP contribution in [-0.2, 0) is 4.79 Å². The van der Waals surface area contributed by atoms with Crippen molar-refractivity contribution in [3.63, 3.8) is 0 Å². The molecule has 0 saturated heterocycles. The standard InChI is InChI=1S/C5H8O3/c1-3(4(2)6)5(7)8/h6H,1-2H3,(H,7,8)/p-1/b4-3+. The molecule has 0 heterocycles. The van der Waals surface area contributed by atoms with E-state index in [9.17, 15) is 9.90 Å². The molecule has 0 saturated carbocycles. The molecular weight excluding hydrogens is 108 g/mol. The summed E-state index contributed by atoms with van der Waals surface area (Å²) in [7, 11) is 0. The van der Waals surface area contributed by atoms with Crippen LogP contribution in [0, 0.1) is 0 Å². The van der Waals surface area contributed by atoms with E-state index in [4.69, 9.17) is 5.11 Å². The molecule has 0 rings (SSSR count). The molecule has 0 aromatic heterocycles. The second kappa shape index (κ2) is 2.35. The van der Waals surface area contributed by atoms with E-state index in [1.807, 2.05) is 0 Å². The molecule has 0 atom stereocenters. The summed E-state index contributed by atoms with van der Waals surface area (Å²) in [5.41, 5.74) is -0.120. The van der Waals surface area contributed by atoms with Gasteiger partial charge in [-0.05, 0) is 6.92 Å². The molecule has 0 aromatic carbocycles. The summed E-state index contributed by atoms with van der Waals surface area (Å²) in [6.45, 7) is 2.51. The lowest BCUT2D eigenvalue weighted by molar-refractivity contribution is -0.303. The molecule has 46 valence electrons. The molecule has 0 aliphatic heterocycles. The Morgan fingerprint density at radius 1 is 1.50 bits per heavy atom. The van der Waals surface area contributed by atoms with E-state index >= 15 is 0 Å². The molecular formula is C5H7O3-. The third-order valence-electron chi connectivity index (χ3n) is 0.849. The summed E-state index contributed by atoms with van der Waals surface area (Å²) >= 11 is 0. The second-order valence-corrected chi connectivity index (χ2v) is 1.49. The predicted octanol–water partition coefficient (Wildman–Crippen LogP) is -0.275. The van der Waals surface area contributed by atoms with Crippen molar-refractivity contribution in [3.8, 4) is 0 Å². The molecule has 3 nitrogen and oxygen atoms in total. The highest BCUT2D eigenvalue weighted by atomic mass is 16.4. The van der Waals surface area contributed by atoms with Crippen LogP contribution in [0.4, 0.5) is 0 Å². The molecule has 0 aliphatic rings. The molecule has 0 fully saturated rings. The van der Waals surface area contributed by atoms with Crippen LogP contribution in [0.15, 0.2) is 11.3 Å². The highest BCUT2D eigenvalue weighted by Gasteiger charge is 1.95. The van der Waals surface area contributed by atoms with Crippen molar-refractivity contribution in [3.05, 3.63) is 11.3 Å². The zero-order chi connectivity index (χ0) is 6.73. The van der Waals surface area contributed by atoms with Gasteiger partial charge < -0.3 is 10.2 Å². The SMILES string of the molecule is C/C([O-])=C(/C)C(=O)O. The van der Waals surface area contributed by atoms with Gasteiger partial charge in [-0.25, -0.2) is 4.79 Å². The Kier molecular flexibility index (Phi) is 2.06. The Labute approximate surface area is 47.3 Å². The maximum absolute atomic E-state index is 10.2. The van der Waals surface area contributed by atoms with Crippen LogP contribution in [0.25, 0.3) is 0 Å². The van der Waals surface area contributed by atoms with Gasteiger partial charge in [-0.15, -0.1) is 5.76 Å². The van der Waals surface area contributed by atoms with Crippen molar-refractivity contribution < 1.29 is 15.0 Å². The van der Waals surface area contributed by atoms with Crippen molar-refractivity contribution in [2.24, 2.45) is 0 Å². The first-order chi connectivity index (χ1) is 3.55. The number of rotatable bonds is 1. The van der Waals surface area contributed by atoms with Crippen molar-refractivity contribution in [2.45, 2.75) is 13.8 Å². The van der Waals surface area contributed by atoms with Gasteiger partial charge in [0.1, 0.15) is 0 Å². The van der Waals surface area contributed by atoms with Crippen LogP contribution in [0.3, 0.4) is 0 Å². The molecule has 0 aliphatic carbocycles. The Morgan fingerprint density at radius 3 is 1.88 bits per heavy atom. The van der Waals surface area contributed by atoms with Gasteiger partial charge in [0.15, 0.2) is 0 Å². The summed E-state index contributed by atoms with van der Waals surface area (Å²) in [6.07, 6.45) is 0. The van der Waals surface area contributed by atoms with Crippen molar-refractivity contribution in [2.75, 3.05) is 0 Å². The van der Waals surface area contributed by atoms with Gasteiger partial charge >= 0.3 is 5.97 Å². The summed E-state index contributed by atoms with van der Waals surface area (Å²) in [5.74, 6) is -1.53. The quantitative estimate of drug-likeness (QED) is 0.378. The van der Waals surface area contributed by atoms with Gasteiger partial charge in [-0.2, -0.15) is 0 Å². The molecule has 0 unspecified atom stereocenters. The fourth-order valence-corrected chi connectivity index (χ4v) is 0.151. The van der Waals surface area contributed by atoms with Crippen LogP contribution in [0.1, 0.15) is 13.8 Å². The molecule has 0 radical (unpaired) electrons. The Hall–Kier alpha value is -0.990. The molecule has 0 amide bonds. The number of aliphatic carboxylic acids is 1. The van der Waals surface area contributed by atoms with E-state index in [0.717, 1.165) is 0 Å². The van der Waals surface area contributed by atoms with Crippen LogP contribution >= 0.6 is 0 Å². The molecule has 0 aromatic rings. The van der Waals surface area contributed by atoms with Gasteiger partial charge in [0.2, 0.25) is 0 Å². The smallest absolute Gasteiger partial charge is 0.330 e. The van der Waals surface area contributed by atoms with E-state index in [2.05, 4.69) is 0 Å². The number of carboxylic acid groups (broad SMARTS) is 1. The number of carbonyl (C=O) groups is 1. The molecule has 0 spiro atoms. The summed E-state index contributed by atoms with van der Waals surface area (Å²) < 4.78 is 0. The number of hydrogen-bond donors (Lipinski definition) is 1. The van der Waals surface area contributed by atoms with Crippen LogP contribution < -0.4 is 5.11 Å². The third-order valence-corrected chi connectivity index (χ3v) is 0.849.